The number of nitrogens with zero attached hydrogens (tertiary/aromatic N) is 1. The lowest BCUT2D eigenvalue weighted by atomic mass is 9.66. The average Bonchev–Trinajstić information content (AvgIpc) is 2.30. The maximum atomic E-state index is 5.43. The van der Waals surface area contributed by atoms with Gasteiger partial charge in [0, 0.05) is 11.6 Å². The molecule has 1 saturated carbocycles. The molecule has 0 aromatic heterocycles. The molecule has 2 N–H and O–H groups in total. The molecular weight excluding hydrogens is 172 g/mol. The van der Waals surface area contributed by atoms with Gasteiger partial charge in [-0.15, -0.1) is 0 Å². The molecule has 3 aliphatic carbocycles. The highest BCUT2D eigenvalue weighted by Crippen LogP contribution is 2.47. The Labute approximate surface area is 83.8 Å². The molecule has 0 saturated heterocycles. The number of fused-ring (bicyclic) bond motifs is 2. The molecule has 2 bridgehead atoms. The second-order valence-electron chi connectivity index (χ2n) is 4.28. The van der Waals surface area contributed by atoms with E-state index >= 15 is 0 Å². The van der Waals surface area contributed by atoms with Gasteiger partial charge in [-0.1, -0.05) is 24.3 Å². The van der Waals surface area contributed by atoms with E-state index < -0.39 is 0 Å². The minimum Gasteiger partial charge on any atom is -0.323 e. The normalized spacial score (nSPS) is 31.9. The zero-order valence-corrected chi connectivity index (χ0v) is 8.11. The Morgan fingerprint density at radius 2 is 1.93 bits per heavy atom. The van der Waals surface area contributed by atoms with E-state index in [2.05, 4.69) is 29.4 Å². The van der Waals surface area contributed by atoms with Crippen molar-refractivity contribution in [2.45, 2.75) is 31.1 Å². The van der Waals surface area contributed by atoms with E-state index in [4.69, 9.17) is 5.84 Å². The summed E-state index contributed by atoms with van der Waals surface area (Å²) in [6.45, 7) is 0. The first-order valence-corrected chi connectivity index (χ1v) is 5.25. The monoisotopic (exact) mass is 186 g/mol. The van der Waals surface area contributed by atoms with Gasteiger partial charge in [0.2, 0.25) is 0 Å². The Morgan fingerprint density at radius 1 is 1.14 bits per heavy atom. The van der Waals surface area contributed by atoms with Crippen LogP contribution in [0.4, 0.5) is 0 Å². The molecule has 14 heavy (non-hydrogen) atoms. The van der Waals surface area contributed by atoms with Crippen LogP contribution < -0.4 is 5.84 Å². The average molecular weight is 186 g/mol. The maximum absolute atomic E-state index is 5.43. The topological polar surface area (TPSA) is 38.4 Å². The molecule has 0 unspecified atom stereocenters. The standard InChI is InChI=1S/C12H14N2/c13-14-12-7-8-5-6-11(12)10-4-2-1-3-9(8)10/h1-4,8,11H,5-7,13H2/b14-12-/t8-,11-/m1/s1. The van der Waals surface area contributed by atoms with Crippen LogP contribution in [0.3, 0.4) is 0 Å². The van der Waals surface area contributed by atoms with Crippen LogP contribution in [0, 0.1) is 0 Å². The van der Waals surface area contributed by atoms with Gasteiger partial charge < -0.3 is 5.84 Å². The molecule has 1 aromatic carbocycles. The van der Waals surface area contributed by atoms with Crippen molar-refractivity contribution < 1.29 is 0 Å². The van der Waals surface area contributed by atoms with Crippen LogP contribution in [0.5, 0.6) is 0 Å². The smallest absolute Gasteiger partial charge is 0.0456 e. The van der Waals surface area contributed by atoms with Gasteiger partial charge in [-0.05, 0) is 36.3 Å². The van der Waals surface area contributed by atoms with Gasteiger partial charge in [0.05, 0.1) is 0 Å². The molecule has 0 aliphatic heterocycles. The summed E-state index contributed by atoms with van der Waals surface area (Å²) in [6.07, 6.45) is 3.62. The zero-order valence-electron chi connectivity index (χ0n) is 8.11. The summed E-state index contributed by atoms with van der Waals surface area (Å²) < 4.78 is 0. The van der Waals surface area contributed by atoms with Crippen LogP contribution in [0.25, 0.3) is 0 Å². The van der Waals surface area contributed by atoms with Crippen LogP contribution in [0.1, 0.15) is 42.2 Å². The molecule has 72 valence electrons. The molecule has 4 rings (SSSR count). The van der Waals surface area contributed by atoms with Gasteiger partial charge in [-0.3, -0.25) is 0 Å². The first kappa shape index (κ1) is 8.04. The highest BCUT2D eigenvalue weighted by Gasteiger charge is 2.36. The summed E-state index contributed by atoms with van der Waals surface area (Å²) in [5, 5.41) is 3.95. The largest absolute Gasteiger partial charge is 0.323 e. The lowest BCUT2D eigenvalue weighted by Crippen LogP contribution is -2.30. The number of nitrogens with two attached hydrogens (primary N) is 1. The molecular formula is C12H14N2. The van der Waals surface area contributed by atoms with E-state index in [1.54, 1.807) is 0 Å². The third kappa shape index (κ3) is 0.939. The Morgan fingerprint density at radius 3 is 2.71 bits per heavy atom. The van der Waals surface area contributed by atoms with Gasteiger partial charge in [-0.2, -0.15) is 5.10 Å². The highest BCUT2D eigenvalue weighted by molar-refractivity contribution is 5.94. The van der Waals surface area contributed by atoms with Gasteiger partial charge >= 0.3 is 0 Å². The van der Waals surface area contributed by atoms with Crippen LogP contribution in [0.2, 0.25) is 0 Å². The lowest BCUT2D eigenvalue weighted by Gasteiger charge is -2.38. The minimum atomic E-state index is 0.515. The first-order valence-electron chi connectivity index (χ1n) is 5.25. The summed E-state index contributed by atoms with van der Waals surface area (Å²) in [5.74, 6) is 6.63. The highest BCUT2D eigenvalue weighted by atomic mass is 15.1. The second-order valence-corrected chi connectivity index (χ2v) is 4.28. The van der Waals surface area contributed by atoms with Crippen molar-refractivity contribution in [2.75, 3.05) is 0 Å². The minimum absolute atomic E-state index is 0.515. The van der Waals surface area contributed by atoms with Crippen molar-refractivity contribution in [3.05, 3.63) is 35.4 Å². The van der Waals surface area contributed by atoms with Crippen molar-refractivity contribution in [3.63, 3.8) is 0 Å². The van der Waals surface area contributed by atoms with Gasteiger partial charge in [-0.25, -0.2) is 0 Å². The number of hydrogen-bond acceptors (Lipinski definition) is 2. The molecule has 0 heterocycles. The van der Waals surface area contributed by atoms with Gasteiger partial charge in [0.1, 0.15) is 0 Å². The van der Waals surface area contributed by atoms with E-state index in [-0.39, 0.29) is 0 Å². The van der Waals surface area contributed by atoms with Crippen molar-refractivity contribution >= 4 is 5.71 Å². The van der Waals surface area contributed by atoms with E-state index in [1.807, 2.05) is 0 Å². The third-order valence-electron chi connectivity index (χ3n) is 3.64. The van der Waals surface area contributed by atoms with E-state index in [1.165, 1.54) is 29.7 Å². The molecule has 2 nitrogen and oxygen atoms in total. The summed E-state index contributed by atoms with van der Waals surface area (Å²) in [7, 11) is 0. The van der Waals surface area contributed by atoms with Crippen LogP contribution in [-0.4, -0.2) is 5.71 Å². The van der Waals surface area contributed by atoms with Crippen LogP contribution >= 0.6 is 0 Å². The van der Waals surface area contributed by atoms with E-state index in [0.29, 0.717) is 11.8 Å². The molecule has 0 amide bonds. The summed E-state index contributed by atoms with van der Waals surface area (Å²) in [4.78, 5) is 0. The summed E-state index contributed by atoms with van der Waals surface area (Å²) >= 11 is 0. The number of benzene rings is 1. The van der Waals surface area contributed by atoms with Crippen molar-refractivity contribution in [2.24, 2.45) is 10.9 Å². The van der Waals surface area contributed by atoms with Gasteiger partial charge in [0.15, 0.2) is 0 Å². The predicted octanol–water partition coefficient (Wildman–Crippen LogP) is 2.37. The Kier molecular flexibility index (Phi) is 1.63. The van der Waals surface area contributed by atoms with Crippen molar-refractivity contribution in [1.82, 2.24) is 0 Å². The summed E-state index contributed by atoms with van der Waals surface area (Å²) in [6, 6.07) is 8.75. The fraction of sp³-hybridized carbons (Fsp3) is 0.417. The van der Waals surface area contributed by atoms with Crippen LogP contribution in [-0.2, 0) is 0 Å². The molecule has 1 fully saturated rings. The molecule has 1 aromatic rings. The van der Waals surface area contributed by atoms with Crippen molar-refractivity contribution in [1.29, 1.82) is 0 Å². The van der Waals surface area contributed by atoms with E-state index in [9.17, 15) is 0 Å². The second kappa shape index (κ2) is 2.84. The Balaban J connectivity index is 2.17. The van der Waals surface area contributed by atoms with E-state index in [0.717, 1.165) is 6.42 Å². The third-order valence-corrected chi connectivity index (χ3v) is 3.64. The Bertz CT molecular complexity index is 395. The molecule has 2 atom stereocenters. The molecule has 0 spiro atoms. The number of rotatable bonds is 0. The fourth-order valence-electron chi connectivity index (χ4n) is 2.97. The molecule has 3 aliphatic rings. The first-order chi connectivity index (χ1) is 6.90. The van der Waals surface area contributed by atoms with Gasteiger partial charge in [0.25, 0.3) is 0 Å². The lowest BCUT2D eigenvalue weighted by molar-refractivity contribution is 0.498. The zero-order chi connectivity index (χ0) is 9.54. The molecule has 2 heteroatoms. The van der Waals surface area contributed by atoms with Crippen molar-refractivity contribution in [3.8, 4) is 0 Å². The Hall–Kier alpha value is -1.31. The summed E-state index contributed by atoms with van der Waals surface area (Å²) in [5.41, 5.74) is 4.22. The predicted molar refractivity (Wildman–Crippen MR) is 57.4 cm³/mol. The number of hydrazone groups is 1. The van der Waals surface area contributed by atoms with Crippen LogP contribution in [0.15, 0.2) is 29.4 Å². The fourth-order valence-corrected chi connectivity index (χ4v) is 2.97. The quantitative estimate of drug-likeness (QED) is 0.490. The SMILES string of the molecule is N/N=C1/C[C@H]2CC[C@@H]1c1ccccc12. The maximum Gasteiger partial charge on any atom is 0.0456 e. The number of hydrogen-bond donors (Lipinski definition) is 1. The molecule has 0 radical (unpaired) electrons.